The maximum absolute atomic E-state index is 12.2. The summed E-state index contributed by atoms with van der Waals surface area (Å²) in [6.07, 6.45) is 0.861. The standard InChI is InChI=1S/C16H15BrClNO/c1-2-12-9-14(17)7-8-15(12)19-16(20)13-5-3-11(10-18)4-6-13/h3-9H,2,10H2,1H3,(H,19,20). The zero-order valence-corrected chi connectivity index (χ0v) is 13.5. The van der Waals surface area contributed by atoms with Crippen molar-refractivity contribution >= 4 is 39.1 Å². The van der Waals surface area contributed by atoms with Gasteiger partial charge in [-0.2, -0.15) is 0 Å². The maximum Gasteiger partial charge on any atom is 0.255 e. The van der Waals surface area contributed by atoms with Gasteiger partial charge in [-0.3, -0.25) is 4.79 Å². The van der Waals surface area contributed by atoms with Crippen LogP contribution in [-0.4, -0.2) is 5.91 Å². The first kappa shape index (κ1) is 15.1. The second-order valence-corrected chi connectivity index (χ2v) is 5.62. The van der Waals surface area contributed by atoms with E-state index in [0.29, 0.717) is 11.4 Å². The number of amides is 1. The molecule has 0 fully saturated rings. The Labute approximate surface area is 132 Å². The molecule has 0 atom stereocenters. The molecule has 0 radical (unpaired) electrons. The van der Waals surface area contributed by atoms with E-state index in [9.17, 15) is 4.79 Å². The number of carbonyl (C=O) groups is 1. The van der Waals surface area contributed by atoms with E-state index < -0.39 is 0 Å². The highest BCUT2D eigenvalue weighted by Crippen LogP contribution is 2.22. The number of benzene rings is 2. The SMILES string of the molecule is CCc1cc(Br)ccc1NC(=O)c1ccc(CCl)cc1. The van der Waals surface area contributed by atoms with Crippen molar-refractivity contribution in [1.82, 2.24) is 0 Å². The van der Waals surface area contributed by atoms with Crippen LogP contribution in [-0.2, 0) is 12.3 Å². The van der Waals surface area contributed by atoms with Gasteiger partial charge >= 0.3 is 0 Å². The average Bonchev–Trinajstić information content (AvgIpc) is 2.49. The molecule has 0 saturated heterocycles. The van der Waals surface area contributed by atoms with Crippen molar-refractivity contribution in [2.75, 3.05) is 5.32 Å². The summed E-state index contributed by atoms with van der Waals surface area (Å²) in [5, 5.41) is 2.95. The zero-order chi connectivity index (χ0) is 14.5. The number of aryl methyl sites for hydroxylation is 1. The van der Waals surface area contributed by atoms with Crippen molar-refractivity contribution in [2.24, 2.45) is 0 Å². The molecule has 1 N–H and O–H groups in total. The number of alkyl halides is 1. The molecule has 20 heavy (non-hydrogen) atoms. The van der Waals surface area contributed by atoms with Gasteiger partial charge in [-0.15, -0.1) is 11.6 Å². The minimum atomic E-state index is -0.108. The Morgan fingerprint density at radius 2 is 1.90 bits per heavy atom. The minimum absolute atomic E-state index is 0.108. The number of hydrogen-bond acceptors (Lipinski definition) is 1. The quantitative estimate of drug-likeness (QED) is 0.771. The number of halogens is 2. The number of rotatable bonds is 4. The van der Waals surface area contributed by atoms with Gasteiger partial charge in [0.2, 0.25) is 0 Å². The predicted octanol–water partition coefficient (Wildman–Crippen LogP) is 5.00. The van der Waals surface area contributed by atoms with Crippen LogP contribution in [0.25, 0.3) is 0 Å². The Kier molecular flexibility index (Phi) is 5.21. The fourth-order valence-electron chi connectivity index (χ4n) is 1.92. The molecule has 2 aromatic rings. The zero-order valence-electron chi connectivity index (χ0n) is 11.1. The van der Waals surface area contributed by atoms with Crippen molar-refractivity contribution < 1.29 is 4.79 Å². The van der Waals surface area contributed by atoms with E-state index in [1.807, 2.05) is 30.3 Å². The van der Waals surface area contributed by atoms with Crippen molar-refractivity contribution in [1.29, 1.82) is 0 Å². The lowest BCUT2D eigenvalue weighted by molar-refractivity contribution is 0.102. The molecule has 0 unspecified atom stereocenters. The molecule has 2 aromatic carbocycles. The van der Waals surface area contributed by atoms with Gasteiger partial charge in [-0.25, -0.2) is 0 Å². The van der Waals surface area contributed by atoms with E-state index >= 15 is 0 Å². The molecule has 0 aliphatic heterocycles. The van der Waals surface area contributed by atoms with Crippen LogP contribution >= 0.6 is 27.5 Å². The molecular formula is C16H15BrClNO. The Hall–Kier alpha value is -1.32. The molecule has 0 saturated carbocycles. The van der Waals surface area contributed by atoms with Gasteiger partial charge in [-0.1, -0.05) is 35.0 Å². The topological polar surface area (TPSA) is 29.1 Å². The summed E-state index contributed by atoms with van der Waals surface area (Å²) in [5.41, 5.74) is 3.58. The summed E-state index contributed by atoms with van der Waals surface area (Å²) < 4.78 is 1.01. The van der Waals surface area contributed by atoms with Crippen molar-refractivity contribution in [3.05, 3.63) is 63.6 Å². The second kappa shape index (κ2) is 6.91. The normalized spacial score (nSPS) is 10.3. The van der Waals surface area contributed by atoms with Crippen molar-refractivity contribution in [3.63, 3.8) is 0 Å². The van der Waals surface area contributed by atoms with Crippen LogP contribution in [0.15, 0.2) is 46.9 Å². The third-order valence-electron chi connectivity index (χ3n) is 3.07. The Bertz CT molecular complexity index is 610. The summed E-state index contributed by atoms with van der Waals surface area (Å²) in [6, 6.07) is 13.2. The van der Waals surface area contributed by atoms with E-state index in [4.69, 9.17) is 11.6 Å². The molecule has 0 heterocycles. The third kappa shape index (κ3) is 3.62. The Morgan fingerprint density at radius 3 is 2.50 bits per heavy atom. The van der Waals surface area contributed by atoms with E-state index in [0.717, 1.165) is 27.7 Å². The third-order valence-corrected chi connectivity index (χ3v) is 3.87. The number of carbonyl (C=O) groups excluding carboxylic acids is 1. The molecular weight excluding hydrogens is 338 g/mol. The molecule has 0 aliphatic rings. The molecule has 2 nitrogen and oxygen atoms in total. The van der Waals surface area contributed by atoms with Gasteiger partial charge in [0.15, 0.2) is 0 Å². The van der Waals surface area contributed by atoms with Gasteiger partial charge in [0.1, 0.15) is 0 Å². The lowest BCUT2D eigenvalue weighted by Crippen LogP contribution is -2.13. The predicted molar refractivity (Wildman–Crippen MR) is 87.5 cm³/mol. The van der Waals surface area contributed by atoms with E-state index in [-0.39, 0.29) is 5.91 Å². The monoisotopic (exact) mass is 351 g/mol. The molecule has 2 rings (SSSR count). The molecule has 4 heteroatoms. The largest absolute Gasteiger partial charge is 0.322 e. The molecule has 0 bridgehead atoms. The summed E-state index contributed by atoms with van der Waals surface area (Å²) in [4.78, 5) is 12.2. The maximum atomic E-state index is 12.2. The highest BCUT2D eigenvalue weighted by atomic mass is 79.9. The van der Waals surface area contributed by atoms with Crippen LogP contribution in [0.1, 0.15) is 28.4 Å². The smallest absolute Gasteiger partial charge is 0.255 e. The first-order valence-electron chi connectivity index (χ1n) is 6.38. The molecule has 0 spiro atoms. The van der Waals surface area contributed by atoms with E-state index in [1.54, 1.807) is 12.1 Å². The first-order chi connectivity index (χ1) is 9.63. The van der Waals surface area contributed by atoms with Crippen LogP contribution in [0.2, 0.25) is 0 Å². The first-order valence-corrected chi connectivity index (χ1v) is 7.71. The van der Waals surface area contributed by atoms with Gasteiger partial charge in [0.25, 0.3) is 5.91 Å². The van der Waals surface area contributed by atoms with Gasteiger partial charge in [0, 0.05) is 21.6 Å². The number of anilines is 1. The fourth-order valence-corrected chi connectivity index (χ4v) is 2.50. The van der Waals surface area contributed by atoms with Crippen molar-refractivity contribution in [2.45, 2.75) is 19.2 Å². The van der Waals surface area contributed by atoms with Crippen LogP contribution in [0.4, 0.5) is 5.69 Å². The summed E-state index contributed by atoms with van der Waals surface area (Å²) >= 11 is 9.18. The van der Waals surface area contributed by atoms with Crippen LogP contribution in [0.3, 0.4) is 0 Å². The highest BCUT2D eigenvalue weighted by Gasteiger charge is 2.08. The van der Waals surface area contributed by atoms with E-state index in [2.05, 4.69) is 28.2 Å². The Balaban J connectivity index is 2.18. The van der Waals surface area contributed by atoms with Crippen molar-refractivity contribution in [3.8, 4) is 0 Å². The number of hydrogen-bond donors (Lipinski definition) is 1. The average molecular weight is 353 g/mol. The minimum Gasteiger partial charge on any atom is -0.322 e. The van der Waals surface area contributed by atoms with Crippen LogP contribution in [0.5, 0.6) is 0 Å². The lowest BCUT2D eigenvalue weighted by atomic mass is 10.1. The lowest BCUT2D eigenvalue weighted by Gasteiger charge is -2.10. The van der Waals surface area contributed by atoms with Gasteiger partial charge in [0.05, 0.1) is 0 Å². The van der Waals surface area contributed by atoms with Gasteiger partial charge in [-0.05, 0) is 47.9 Å². The fraction of sp³-hybridized carbons (Fsp3) is 0.188. The second-order valence-electron chi connectivity index (χ2n) is 4.44. The van der Waals surface area contributed by atoms with Crippen LogP contribution in [0, 0.1) is 0 Å². The molecule has 0 aromatic heterocycles. The van der Waals surface area contributed by atoms with Gasteiger partial charge < -0.3 is 5.32 Å². The van der Waals surface area contributed by atoms with E-state index in [1.165, 1.54) is 0 Å². The van der Waals surface area contributed by atoms with Crippen LogP contribution < -0.4 is 5.32 Å². The highest BCUT2D eigenvalue weighted by molar-refractivity contribution is 9.10. The number of nitrogens with one attached hydrogen (secondary N) is 1. The summed E-state index contributed by atoms with van der Waals surface area (Å²) in [5.74, 6) is 0.345. The molecule has 0 aliphatic carbocycles. The molecule has 104 valence electrons. The summed E-state index contributed by atoms with van der Waals surface area (Å²) in [6.45, 7) is 2.06. The Morgan fingerprint density at radius 1 is 1.20 bits per heavy atom. The summed E-state index contributed by atoms with van der Waals surface area (Å²) in [7, 11) is 0. The molecule has 1 amide bonds.